The summed E-state index contributed by atoms with van der Waals surface area (Å²) < 4.78 is 0. The van der Waals surface area contributed by atoms with Crippen molar-refractivity contribution in [1.29, 1.82) is 0 Å². The van der Waals surface area contributed by atoms with Gasteiger partial charge < -0.3 is 15.1 Å². The molecule has 5 nitrogen and oxygen atoms in total. The molecule has 0 saturated carbocycles. The van der Waals surface area contributed by atoms with Gasteiger partial charge in [0.05, 0.1) is 4.88 Å². The van der Waals surface area contributed by atoms with Crippen LogP contribution in [0.1, 0.15) is 73.2 Å². The minimum Gasteiger partial charge on any atom is -0.354 e. The van der Waals surface area contributed by atoms with Crippen molar-refractivity contribution in [2.24, 2.45) is 5.92 Å². The molecule has 0 spiro atoms. The van der Waals surface area contributed by atoms with Crippen molar-refractivity contribution in [3.63, 3.8) is 0 Å². The number of nitrogens with zero attached hydrogens (tertiary/aromatic N) is 2. The zero-order valence-electron chi connectivity index (χ0n) is 17.9. The Morgan fingerprint density at radius 1 is 1.03 bits per heavy atom. The van der Waals surface area contributed by atoms with Crippen LogP contribution in [0.4, 0.5) is 0 Å². The highest BCUT2D eigenvalue weighted by Crippen LogP contribution is 2.32. The van der Waals surface area contributed by atoms with Crippen LogP contribution in [0, 0.1) is 5.92 Å². The fourth-order valence-corrected chi connectivity index (χ4v) is 6.33. The molecule has 0 aromatic carbocycles. The second-order valence-electron chi connectivity index (χ2n) is 9.27. The maximum absolute atomic E-state index is 13.1. The normalized spacial score (nSPS) is 22.0. The predicted molar refractivity (Wildman–Crippen MR) is 117 cm³/mol. The first kappa shape index (κ1) is 20.9. The van der Waals surface area contributed by atoms with Gasteiger partial charge in [0.2, 0.25) is 5.91 Å². The Labute approximate surface area is 178 Å². The third-order valence-corrected chi connectivity index (χ3v) is 7.96. The first-order valence-electron chi connectivity index (χ1n) is 11.5. The molecule has 2 amide bonds. The molecule has 3 heterocycles. The van der Waals surface area contributed by atoms with Crippen LogP contribution in [0.25, 0.3) is 0 Å². The number of amides is 2. The number of piperidine rings is 2. The van der Waals surface area contributed by atoms with E-state index in [1.54, 1.807) is 11.3 Å². The lowest BCUT2D eigenvalue weighted by Gasteiger charge is -2.41. The Bertz CT molecular complexity index is 728. The van der Waals surface area contributed by atoms with Gasteiger partial charge in [0.25, 0.3) is 5.91 Å². The molecule has 1 N–H and O–H groups in total. The maximum atomic E-state index is 13.1. The number of carbonyl (C=O) groups excluding carboxylic acids is 2. The highest BCUT2D eigenvalue weighted by atomic mass is 32.1. The van der Waals surface area contributed by atoms with E-state index < -0.39 is 0 Å². The second kappa shape index (κ2) is 9.17. The fourth-order valence-electron chi connectivity index (χ4n) is 5.21. The van der Waals surface area contributed by atoms with E-state index in [0.717, 1.165) is 69.6 Å². The van der Waals surface area contributed by atoms with Crippen LogP contribution in [0.15, 0.2) is 5.38 Å². The molecule has 0 unspecified atom stereocenters. The van der Waals surface area contributed by atoms with Crippen LogP contribution in [0.2, 0.25) is 0 Å². The van der Waals surface area contributed by atoms with Crippen LogP contribution < -0.4 is 5.32 Å². The molecular formula is C23H35N3O2S. The first-order chi connectivity index (χ1) is 14.0. The average molecular weight is 418 g/mol. The van der Waals surface area contributed by atoms with Gasteiger partial charge in [-0.3, -0.25) is 9.59 Å². The van der Waals surface area contributed by atoms with Crippen molar-refractivity contribution in [3.8, 4) is 0 Å². The largest absolute Gasteiger partial charge is 0.354 e. The molecular weight excluding hydrogens is 382 g/mol. The Hall–Kier alpha value is -1.40. The van der Waals surface area contributed by atoms with Crippen LogP contribution in [0.5, 0.6) is 0 Å². The zero-order chi connectivity index (χ0) is 20.4. The average Bonchev–Trinajstić information content (AvgIpc) is 3.17. The van der Waals surface area contributed by atoms with Gasteiger partial charge >= 0.3 is 0 Å². The Balaban J connectivity index is 1.26. The lowest BCUT2D eigenvalue weighted by Crippen LogP contribution is -2.50. The summed E-state index contributed by atoms with van der Waals surface area (Å²) in [6.07, 6.45) is 8.74. The monoisotopic (exact) mass is 417 g/mol. The zero-order valence-corrected chi connectivity index (χ0v) is 18.7. The summed E-state index contributed by atoms with van der Waals surface area (Å²) in [6, 6.07) is 0.779. The Kier molecular flexibility index (Phi) is 6.60. The van der Waals surface area contributed by atoms with Gasteiger partial charge in [-0.05, 0) is 94.8 Å². The number of fused-ring (bicyclic) bond motifs is 1. The van der Waals surface area contributed by atoms with Crippen molar-refractivity contribution >= 4 is 23.2 Å². The van der Waals surface area contributed by atoms with Crippen molar-refractivity contribution in [3.05, 3.63) is 21.4 Å². The third kappa shape index (κ3) is 4.69. The van der Waals surface area contributed by atoms with Crippen LogP contribution in [0.3, 0.4) is 0 Å². The number of aryl methyl sites for hydroxylation is 1. The summed E-state index contributed by atoms with van der Waals surface area (Å²) in [5, 5.41) is 5.28. The minimum absolute atomic E-state index is 0.167. The number of thiophene rings is 1. The maximum Gasteiger partial charge on any atom is 0.264 e. The van der Waals surface area contributed by atoms with E-state index in [1.807, 2.05) is 13.8 Å². The van der Waals surface area contributed by atoms with Crippen molar-refractivity contribution in [2.45, 2.75) is 77.3 Å². The van der Waals surface area contributed by atoms with Crippen LogP contribution >= 0.6 is 11.3 Å². The summed E-state index contributed by atoms with van der Waals surface area (Å²) in [7, 11) is 0. The van der Waals surface area contributed by atoms with Gasteiger partial charge in [0, 0.05) is 31.1 Å². The Morgan fingerprint density at radius 3 is 2.41 bits per heavy atom. The number of carbonyl (C=O) groups is 2. The smallest absolute Gasteiger partial charge is 0.264 e. The summed E-state index contributed by atoms with van der Waals surface area (Å²) in [5.41, 5.74) is 2.76. The molecule has 6 heteroatoms. The molecule has 4 rings (SSSR count). The van der Waals surface area contributed by atoms with Gasteiger partial charge in [-0.1, -0.05) is 0 Å². The number of hydrogen-bond donors (Lipinski definition) is 1. The standard InChI is InChI=1S/C23H35N3O2S/c1-16(2)24-22(27)17-7-11-25(12-8-17)19-9-13-26(14-10-19)23(28)21-20-6-4-3-5-18(20)15-29-21/h15-17,19H,3-14H2,1-2H3,(H,24,27). The molecule has 1 aromatic rings. The summed E-state index contributed by atoms with van der Waals surface area (Å²) in [5.74, 6) is 0.653. The molecule has 2 fully saturated rings. The topological polar surface area (TPSA) is 52.7 Å². The van der Waals surface area contributed by atoms with E-state index in [9.17, 15) is 9.59 Å². The SMILES string of the molecule is CC(C)NC(=O)C1CCN(C2CCN(C(=O)c3scc4c3CCCC4)CC2)CC1. The van der Waals surface area contributed by atoms with E-state index in [-0.39, 0.29) is 23.8 Å². The fraction of sp³-hybridized carbons (Fsp3) is 0.739. The molecule has 160 valence electrons. The molecule has 0 atom stereocenters. The highest BCUT2D eigenvalue weighted by molar-refractivity contribution is 7.12. The molecule has 0 radical (unpaired) electrons. The van der Waals surface area contributed by atoms with Gasteiger partial charge in [0.1, 0.15) is 0 Å². The quantitative estimate of drug-likeness (QED) is 0.816. The lowest BCUT2D eigenvalue weighted by molar-refractivity contribution is -0.127. The molecule has 29 heavy (non-hydrogen) atoms. The number of likely N-dealkylation sites (tertiary alicyclic amines) is 2. The predicted octanol–water partition coefficient (Wildman–Crippen LogP) is 3.47. The number of rotatable bonds is 4. The van der Waals surface area contributed by atoms with Crippen molar-refractivity contribution in [1.82, 2.24) is 15.1 Å². The van der Waals surface area contributed by atoms with E-state index in [2.05, 4.69) is 20.5 Å². The summed E-state index contributed by atoms with van der Waals surface area (Å²) in [6.45, 7) is 7.79. The van der Waals surface area contributed by atoms with Crippen LogP contribution in [-0.2, 0) is 17.6 Å². The molecule has 2 saturated heterocycles. The molecule has 1 aromatic heterocycles. The van der Waals surface area contributed by atoms with Gasteiger partial charge in [0.15, 0.2) is 0 Å². The molecule has 2 aliphatic heterocycles. The summed E-state index contributed by atoms with van der Waals surface area (Å²) in [4.78, 5) is 31.0. The van der Waals surface area contributed by atoms with Crippen LogP contribution in [-0.4, -0.2) is 59.9 Å². The van der Waals surface area contributed by atoms with Gasteiger partial charge in [-0.15, -0.1) is 11.3 Å². The second-order valence-corrected chi connectivity index (χ2v) is 10.2. The summed E-state index contributed by atoms with van der Waals surface area (Å²) >= 11 is 1.66. The minimum atomic E-state index is 0.167. The molecule has 1 aliphatic carbocycles. The van der Waals surface area contributed by atoms with E-state index >= 15 is 0 Å². The van der Waals surface area contributed by atoms with Crippen molar-refractivity contribution in [2.75, 3.05) is 26.2 Å². The van der Waals surface area contributed by atoms with E-state index in [4.69, 9.17) is 0 Å². The molecule has 0 bridgehead atoms. The number of nitrogens with one attached hydrogen (secondary N) is 1. The lowest BCUT2D eigenvalue weighted by atomic mass is 9.92. The molecule has 3 aliphatic rings. The number of hydrogen-bond acceptors (Lipinski definition) is 4. The van der Waals surface area contributed by atoms with E-state index in [1.165, 1.54) is 24.0 Å². The van der Waals surface area contributed by atoms with Crippen molar-refractivity contribution < 1.29 is 9.59 Å². The Morgan fingerprint density at radius 2 is 1.72 bits per heavy atom. The first-order valence-corrected chi connectivity index (χ1v) is 12.3. The highest BCUT2D eigenvalue weighted by Gasteiger charge is 2.33. The third-order valence-electron chi connectivity index (χ3n) is 6.90. The van der Waals surface area contributed by atoms with E-state index in [0.29, 0.717) is 6.04 Å². The van der Waals surface area contributed by atoms with Gasteiger partial charge in [-0.2, -0.15) is 0 Å². The van der Waals surface area contributed by atoms with Gasteiger partial charge in [-0.25, -0.2) is 0 Å².